The Morgan fingerprint density at radius 2 is 1.75 bits per heavy atom. The molecule has 0 spiro atoms. The Bertz CT molecular complexity index is 638. The van der Waals surface area contributed by atoms with E-state index in [1.54, 1.807) is 6.07 Å². The first-order valence-electron chi connectivity index (χ1n) is 6.73. The number of benzene rings is 1. The van der Waals surface area contributed by atoms with Gasteiger partial charge in [-0.2, -0.15) is 5.10 Å². The molecule has 1 aromatic carbocycles. The van der Waals surface area contributed by atoms with Crippen LogP contribution in [0, 0.1) is 33.5 Å². The minimum absolute atomic E-state index is 0.0470. The van der Waals surface area contributed by atoms with Crippen LogP contribution in [0.4, 0.5) is 10.2 Å². The highest BCUT2D eigenvalue weighted by Gasteiger charge is 2.13. The van der Waals surface area contributed by atoms with Crippen molar-refractivity contribution in [3.8, 4) is 0 Å². The van der Waals surface area contributed by atoms with Crippen LogP contribution in [-0.4, -0.2) is 10.2 Å². The van der Waals surface area contributed by atoms with Crippen molar-refractivity contribution in [3.63, 3.8) is 0 Å². The van der Waals surface area contributed by atoms with Crippen molar-refractivity contribution in [2.45, 2.75) is 40.7 Å². The Morgan fingerprint density at radius 1 is 1.05 bits per heavy atom. The summed E-state index contributed by atoms with van der Waals surface area (Å²) < 4.78 is 13.2. The SMILES string of the molecule is Cc1cc(F)ccc1[C@@H](C)Nc1nnc(C)c(C)c1C. The topological polar surface area (TPSA) is 37.8 Å². The van der Waals surface area contributed by atoms with Gasteiger partial charge in [-0.1, -0.05) is 6.07 Å². The molecule has 0 fully saturated rings. The normalized spacial score (nSPS) is 12.3. The summed E-state index contributed by atoms with van der Waals surface area (Å²) in [6.07, 6.45) is 0. The molecule has 0 saturated heterocycles. The molecule has 106 valence electrons. The van der Waals surface area contributed by atoms with Crippen LogP contribution in [0.5, 0.6) is 0 Å². The maximum absolute atomic E-state index is 13.2. The predicted octanol–water partition coefficient (Wildman–Crippen LogP) is 4.02. The number of rotatable bonds is 3. The fourth-order valence-corrected chi connectivity index (χ4v) is 2.27. The summed E-state index contributed by atoms with van der Waals surface area (Å²) in [5.41, 5.74) is 5.18. The second-order valence-electron chi connectivity index (χ2n) is 5.25. The van der Waals surface area contributed by atoms with Gasteiger partial charge >= 0.3 is 0 Å². The molecule has 0 bridgehead atoms. The average Bonchev–Trinajstić information content (AvgIpc) is 2.39. The van der Waals surface area contributed by atoms with E-state index in [2.05, 4.69) is 15.5 Å². The van der Waals surface area contributed by atoms with Crippen molar-refractivity contribution >= 4 is 5.82 Å². The fourth-order valence-electron chi connectivity index (χ4n) is 2.27. The molecule has 3 nitrogen and oxygen atoms in total. The average molecular weight is 273 g/mol. The van der Waals surface area contributed by atoms with Gasteiger partial charge in [0.15, 0.2) is 5.82 Å². The predicted molar refractivity (Wildman–Crippen MR) is 79.4 cm³/mol. The second-order valence-corrected chi connectivity index (χ2v) is 5.25. The first-order chi connectivity index (χ1) is 9.40. The standard InChI is InChI=1S/C16H20FN3/c1-9-8-14(17)6-7-15(9)13(5)18-16-11(3)10(2)12(4)19-20-16/h6-8,13H,1-5H3,(H,18,20)/t13-/m1/s1. The van der Waals surface area contributed by atoms with E-state index in [0.717, 1.165) is 33.8 Å². The highest BCUT2D eigenvalue weighted by Crippen LogP contribution is 2.24. The zero-order valence-electron chi connectivity index (χ0n) is 12.6. The van der Waals surface area contributed by atoms with Crippen LogP contribution in [-0.2, 0) is 0 Å². The third-order valence-electron chi connectivity index (χ3n) is 3.81. The lowest BCUT2D eigenvalue weighted by Crippen LogP contribution is -2.12. The number of aryl methyl sites for hydroxylation is 2. The molecule has 1 atom stereocenters. The minimum atomic E-state index is -0.208. The third-order valence-corrected chi connectivity index (χ3v) is 3.81. The number of halogens is 1. The van der Waals surface area contributed by atoms with E-state index >= 15 is 0 Å². The number of anilines is 1. The fraction of sp³-hybridized carbons (Fsp3) is 0.375. The second kappa shape index (κ2) is 5.57. The lowest BCUT2D eigenvalue weighted by atomic mass is 10.0. The number of aromatic nitrogens is 2. The van der Waals surface area contributed by atoms with Crippen molar-refractivity contribution in [2.24, 2.45) is 0 Å². The van der Waals surface area contributed by atoms with Gasteiger partial charge in [-0.25, -0.2) is 4.39 Å². The maximum Gasteiger partial charge on any atom is 0.152 e. The molecule has 1 N–H and O–H groups in total. The van der Waals surface area contributed by atoms with E-state index in [1.807, 2.05) is 40.7 Å². The number of hydrogen-bond acceptors (Lipinski definition) is 3. The lowest BCUT2D eigenvalue weighted by Gasteiger charge is -2.19. The Hall–Kier alpha value is -1.97. The Labute approximate surface area is 119 Å². The molecule has 0 aliphatic heterocycles. The summed E-state index contributed by atoms with van der Waals surface area (Å²) in [6, 6.07) is 4.89. The van der Waals surface area contributed by atoms with Gasteiger partial charge in [-0.05, 0) is 69.0 Å². The van der Waals surface area contributed by atoms with Crippen molar-refractivity contribution in [3.05, 3.63) is 52.0 Å². The van der Waals surface area contributed by atoms with E-state index in [9.17, 15) is 4.39 Å². The summed E-state index contributed by atoms with van der Waals surface area (Å²) in [5.74, 6) is 0.574. The van der Waals surface area contributed by atoms with Gasteiger partial charge in [0, 0.05) is 0 Å². The quantitative estimate of drug-likeness (QED) is 0.917. The van der Waals surface area contributed by atoms with E-state index in [4.69, 9.17) is 0 Å². The summed E-state index contributed by atoms with van der Waals surface area (Å²) in [7, 11) is 0. The molecule has 1 aromatic heterocycles. The van der Waals surface area contributed by atoms with Gasteiger partial charge in [0.1, 0.15) is 5.82 Å². The van der Waals surface area contributed by atoms with E-state index in [0.29, 0.717) is 0 Å². The van der Waals surface area contributed by atoms with Gasteiger partial charge in [0.25, 0.3) is 0 Å². The van der Waals surface area contributed by atoms with Crippen LogP contribution in [0.15, 0.2) is 18.2 Å². The smallest absolute Gasteiger partial charge is 0.152 e. The van der Waals surface area contributed by atoms with E-state index < -0.39 is 0 Å². The third kappa shape index (κ3) is 2.79. The Morgan fingerprint density at radius 3 is 2.40 bits per heavy atom. The first kappa shape index (κ1) is 14.4. The minimum Gasteiger partial charge on any atom is -0.362 e. The van der Waals surface area contributed by atoms with Crippen molar-refractivity contribution in [2.75, 3.05) is 5.32 Å². The molecule has 4 heteroatoms. The molecule has 0 amide bonds. The van der Waals surface area contributed by atoms with Crippen LogP contribution >= 0.6 is 0 Å². The highest BCUT2D eigenvalue weighted by atomic mass is 19.1. The highest BCUT2D eigenvalue weighted by molar-refractivity contribution is 5.49. The number of nitrogens with one attached hydrogen (secondary N) is 1. The summed E-state index contributed by atoms with van der Waals surface area (Å²) in [5, 5.41) is 11.7. The van der Waals surface area contributed by atoms with Crippen LogP contribution in [0.1, 0.15) is 40.9 Å². The summed E-state index contributed by atoms with van der Waals surface area (Å²) >= 11 is 0. The molecule has 0 unspecified atom stereocenters. The molecular weight excluding hydrogens is 253 g/mol. The molecule has 0 aliphatic rings. The van der Waals surface area contributed by atoms with Crippen LogP contribution in [0.3, 0.4) is 0 Å². The van der Waals surface area contributed by atoms with E-state index in [1.165, 1.54) is 6.07 Å². The Kier molecular flexibility index (Phi) is 4.02. The zero-order chi connectivity index (χ0) is 14.9. The number of hydrogen-bond donors (Lipinski definition) is 1. The van der Waals surface area contributed by atoms with Gasteiger partial charge in [0.2, 0.25) is 0 Å². The molecule has 2 rings (SSSR count). The molecule has 2 aromatic rings. The molecule has 1 heterocycles. The monoisotopic (exact) mass is 273 g/mol. The summed E-state index contributed by atoms with van der Waals surface area (Å²) in [6.45, 7) is 9.97. The van der Waals surface area contributed by atoms with Crippen molar-refractivity contribution < 1.29 is 4.39 Å². The molecule has 0 saturated carbocycles. The molecular formula is C16H20FN3. The van der Waals surface area contributed by atoms with E-state index in [-0.39, 0.29) is 11.9 Å². The molecule has 0 aliphatic carbocycles. The lowest BCUT2D eigenvalue weighted by molar-refractivity contribution is 0.624. The van der Waals surface area contributed by atoms with Gasteiger partial charge in [0.05, 0.1) is 11.7 Å². The summed E-state index contributed by atoms with van der Waals surface area (Å²) in [4.78, 5) is 0. The molecule has 20 heavy (non-hydrogen) atoms. The van der Waals surface area contributed by atoms with Crippen molar-refractivity contribution in [1.29, 1.82) is 0 Å². The van der Waals surface area contributed by atoms with Crippen LogP contribution in [0.2, 0.25) is 0 Å². The maximum atomic E-state index is 13.2. The van der Waals surface area contributed by atoms with Gasteiger partial charge in [-0.3, -0.25) is 0 Å². The van der Waals surface area contributed by atoms with Crippen LogP contribution < -0.4 is 5.32 Å². The van der Waals surface area contributed by atoms with Crippen molar-refractivity contribution in [1.82, 2.24) is 10.2 Å². The van der Waals surface area contributed by atoms with Crippen LogP contribution in [0.25, 0.3) is 0 Å². The zero-order valence-corrected chi connectivity index (χ0v) is 12.6. The number of nitrogens with zero attached hydrogens (tertiary/aromatic N) is 2. The first-order valence-corrected chi connectivity index (χ1v) is 6.73. The molecule has 0 radical (unpaired) electrons. The van der Waals surface area contributed by atoms with Gasteiger partial charge < -0.3 is 5.32 Å². The Balaban J connectivity index is 2.28. The largest absolute Gasteiger partial charge is 0.362 e. The van der Waals surface area contributed by atoms with Gasteiger partial charge in [-0.15, -0.1) is 5.10 Å².